The summed E-state index contributed by atoms with van der Waals surface area (Å²) >= 11 is 0. The molecule has 2 aromatic rings. The minimum atomic E-state index is -3.11. The predicted molar refractivity (Wildman–Crippen MR) is 128 cm³/mol. The van der Waals surface area contributed by atoms with Crippen molar-refractivity contribution in [2.75, 3.05) is 53.1 Å². The highest BCUT2D eigenvalue weighted by molar-refractivity contribution is 7.91. The van der Waals surface area contributed by atoms with Crippen LogP contribution in [0.1, 0.15) is 12.0 Å². The summed E-state index contributed by atoms with van der Waals surface area (Å²) in [5, 5.41) is 10.8. The van der Waals surface area contributed by atoms with E-state index in [1.165, 1.54) is 7.11 Å². The smallest absolute Gasteiger partial charge is 0.203 e. The monoisotopic (exact) mass is 495 g/mol. The summed E-state index contributed by atoms with van der Waals surface area (Å²) in [7, 11) is 3.07. The molecule has 0 amide bonds. The molecule has 9 nitrogen and oxygen atoms in total. The van der Waals surface area contributed by atoms with E-state index in [4.69, 9.17) is 23.7 Å². The fraction of sp³-hybridized carbons (Fsp3) is 0.500. The molecule has 34 heavy (non-hydrogen) atoms. The number of aliphatic hydroxyl groups excluding tert-OH is 1. The van der Waals surface area contributed by atoms with E-state index >= 15 is 0 Å². The molecular weight excluding hydrogens is 462 g/mol. The molecule has 0 bridgehead atoms. The van der Waals surface area contributed by atoms with Crippen LogP contribution in [-0.4, -0.2) is 83.7 Å². The third-order valence-corrected chi connectivity index (χ3v) is 7.53. The topological polar surface area (TPSA) is 104 Å². The molecule has 1 aliphatic heterocycles. The maximum absolute atomic E-state index is 12.2. The molecule has 1 saturated heterocycles. The van der Waals surface area contributed by atoms with Crippen molar-refractivity contribution in [1.29, 1.82) is 0 Å². The third kappa shape index (κ3) is 6.46. The summed E-state index contributed by atoms with van der Waals surface area (Å²) in [6.45, 7) is 0.653. The Kier molecular flexibility index (Phi) is 8.87. The molecule has 0 aromatic heterocycles. The fourth-order valence-electron chi connectivity index (χ4n) is 4.11. The van der Waals surface area contributed by atoms with E-state index in [2.05, 4.69) is 0 Å². The number of sulfone groups is 1. The van der Waals surface area contributed by atoms with Crippen LogP contribution >= 0.6 is 0 Å². The van der Waals surface area contributed by atoms with Crippen molar-refractivity contribution in [1.82, 2.24) is 4.90 Å². The molecule has 0 radical (unpaired) electrons. The number of methoxy groups -OCH3 is 4. The average molecular weight is 496 g/mol. The molecule has 0 aliphatic carbocycles. The first kappa shape index (κ1) is 25.9. The summed E-state index contributed by atoms with van der Waals surface area (Å²) in [6, 6.07) is 10.6. The van der Waals surface area contributed by atoms with Crippen LogP contribution in [-0.2, 0) is 16.4 Å². The van der Waals surface area contributed by atoms with E-state index < -0.39 is 15.9 Å². The molecule has 1 fully saturated rings. The Labute approximate surface area is 201 Å². The van der Waals surface area contributed by atoms with Gasteiger partial charge in [0.2, 0.25) is 5.75 Å². The van der Waals surface area contributed by atoms with Gasteiger partial charge in [-0.2, -0.15) is 0 Å². The van der Waals surface area contributed by atoms with Crippen molar-refractivity contribution < 1.29 is 37.2 Å². The average Bonchev–Trinajstić information content (AvgIpc) is 3.21. The quantitative estimate of drug-likeness (QED) is 0.474. The first-order valence-electron chi connectivity index (χ1n) is 11.0. The van der Waals surface area contributed by atoms with E-state index in [9.17, 15) is 13.5 Å². The van der Waals surface area contributed by atoms with Crippen LogP contribution in [0.2, 0.25) is 0 Å². The number of ether oxygens (including phenoxy) is 5. The number of rotatable bonds is 12. The molecular formula is C24H33NO8S. The van der Waals surface area contributed by atoms with Crippen LogP contribution in [0, 0.1) is 0 Å². The summed E-state index contributed by atoms with van der Waals surface area (Å²) in [6.07, 6.45) is -0.345. The Hall–Kier alpha value is -2.69. The highest BCUT2D eigenvalue weighted by Gasteiger charge is 2.33. The molecule has 3 rings (SSSR count). The van der Waals surface area contributed by atoms with Gasteiger partial charge in [0.05, 0.1) is 39.9 Å². The van der Waals surface area contributed by atoms with Gasteiger partial charge in [-0.05, 0) is 36.2 Å². The summed E-state index contributed by atoms with van der Waals surface area (Å²) in [5.41, 5.74) is 0.844. The molecule has 0 saturated carbocycles. The second-order valence-corrected chi connectivity index (χ2v) is 10.4. The van der Waals surface area contributed by atoms with E-state index in [-0.39, 0.29) is 30.7 Å². The van der Waals surface area contributed by atoms with Crippen LogP contribution < -0.4 is 23.7 Å². The van der Waals surface area contributed by atoms with Gasteiger partial charge in [-0.3, -0.25) is 4.90 Å². The normalized spacial score (nSPS) is 17.9. The van der Waals surface area contributed by atoms with Crippen molar-refractivity contribution in [3.05, 3.63) is 42.0 Å². The zero-order chi connectivity index (χ0) is 24.7. The third-order valence-electron chi connectivity index (χ3n) is 5.78. The SMILES string of the molecule is COc1ccccc1OCC(O)CN(Cc1cc(OC)c(OC)c(OC)c1)C1CCS(=O)(=O)C1. The van der Waals surface area contributed by atoms with Crippen molar-refractivity contribution >= 4 is 9.84 Å². The number of benzene rings is 2. The fourth-order valence-corrected chi connectivity index (χ4v) is 5.88. The zero-order valence-electron chi connectivity index (χ0n) is 20.0. The van der Waals surface area contributed by atoms with Crippen LogP contribution in [0.5, 0.6) is 28.7 Å². The Balaban J connectivity index is 1.78. The Morgan fingerprint density at radius 1 is 0.971 bits per heavy atom. The molecule has 1 heterocycles. The van der Waals surface area contributed by atoms with Crippen LogP contribution in [0.25, 0.3) is 0 Å². The summed E-state index contributed by atoms with van der Waals surface area (Å²) < 4.78 is 51.7. The lowest BCUT2D eigenvalue weighted by Gasteiger charge is -2.30. The van der Waals surface area contributed by atoms with Gasteiger partial charge in [0, 0.05) is 19.1 Å². The Morgan fingerprint density at radius 3 is 2.12 bits per heavy atom. The van der Waals surface area contributed by atoms with Gasteiger partial charge in [0.25, 0.3) is 0 Å². The minimum absolute atomic E-state index is 0.0333. The van der Waals surface area contributed by atoms with Gasteiger partial charge in [-0.15, -0.1) is 0 Å². The Morgan fingerprint density at radius 2 is 1.59 bits per heavy atom. The molecule has 2 aromatic carbocycles. The maximum atomic E-state index is 12.2. The van der Waals surface area contributed by atoms with E-state index in [1.54, 1.807) is 33.5 Å². The van der Waals surface area contributed by atoms with E-state index in [1.807, 2.05) is 29.2 Å². The van der Waals surface area contributed by atoms with Gasteiger partial charge < -0.3 is 28.8 Å². The van der Waals surface area contributed by atoms with Gasteiger partial charge in [-0.25, -0.2) is 8.42 Å². The van der Waals surface area contributed by atoms with E-state index in [0.29, 0.717) is 41.7 Å². The lowest BCUT2D eigenvalue weighted by atomic mass is 10.1. The maximum Gasteiger partial charge on any atom is 0.203 e. The van der Waals surface area contributed by atoms with Gasteiger partial charge in [0.1, 0.15) is 12.7 Å². The van der Waals surface area contributed by atoms with Crippen LogP contribution in [0.3, 0.4) is 0 Å². The Bertz CT molecular complexity index is 1030. The molecule has 2 unspecified atom stereocenters. The van der Waals surface area contributed by atoms with Crippen molar-refractivity contribution in [2.24, 2.45) is 0 Å². The number of nitrogens with zero attached hydrogens (tertiary/aromatic N) is 1. The lowest BCUT2D eigenvalue weighted by Crippen LogP contribution is -2.42. The van der Waals surface area contributed by atoms with Gasteiger partial charge in [-0.1, -0.05) is 12.1 Å². The molecule has 1 aliphatic rings. The predicted octanol–water partition coefficient (Wildman–Crippen LogP) is 2.15. The number of aliphatic hydroxyl groups is 1. The summed E-state index contributed by atoms with van der Waals surface area (Å²) in [5.74, 6) is 2.80. The largest absolute Gasteiger partial charge is 0.493 e. The second kappa shape index (κ2) is 11.6. The van der Waals surface area contributed by atoms with Crippen molar-refractivity contribution in [3.63, 3.8) is 0 Å². The standard InChI is InChI=1S/C24H33NO8S/c1-29-20-7-5-6-8-21(20)33-15-19(26)14-25(18-9-10-34(27,28)16-18)13-17-11-22(30-2)24(32-4)23(12-17)31-3/h5-8,11-12,18-19,26H,9-10,13-16H2,1-4H3. The molecule has 10 heteroatoms. The minimum Gasteiger partial charge on any atom is -0.493 e. The van der Waals surface area contributed by atoms with Gasteiger partial charge in [0.15, 0.2) is 32.8 Å². The van der Waals surface area contributed by atoms with Crippen molar-refractivity contribution in [3.8, 4) is 28.7 Å². The van der Waals surface area contributed by atoms with Crippen molar-refractivity contribution in [2.45, 2.75) is 25.1 Å². The number of hydrogen-bond acceptors (Lipinski definition) is 9. The zero-order valence-corrected chi connectivity index (χ0v) is 20.8. The molecule has 1 N–H and O–H groups in total. The van der Waals surface area contributed by atoms with Crippen LogP contribution in [0.4, 0.5) is 0 Å². The second-order valence-electron chi connectivity index (χ2n) is 8.14. The lowest BCUT2D eigenvalue weighted by molar-refractivity contribution is 0.0516. The molecule has 2 atom stereocenters. The number of hydrogen-bond donors (Lipinski definition) is 1. The first-order valence-corrected chi connectivity index (χ1v) is 12.8. The highest BCUT2D eigenvalue weighted by Crippen LogP contribution is 2.38. The molecule has 188 valence electrons. The summed E-state index contributed by atoms with van der Waals surface area (Å²) in [4.78, 5) is 1.97. The first-order chi connectivity index (χ1) is 16.3. The van der Waals surface area contributed by atoms with E-state index in [0.717, 1.165) is 5.56 Å². The van der Waals surface area contributed by atoms with Crippen LogP contribution in [0.15, 0.2) is 36.4 Å². The van der Waals surface area contributed by atoms with Gasteiger partial charge >= 0.3 is 0 Å². The molecule has 0 spiro atoms. The number of para-hydroxylation sites is 2. The highest BCUT2D eigenvalue weighted by atomic mass is 32.2.